The van der Waals surface area contributed by atoms with Gasteiger partial charge in [0.25, 0.3) is 5.91 Å². The Morgan fingerprint density at radius 2 is 1.90 bits per heavy atom. The van der Waals surface area contributed by atoms with E-state index in [4.69, 9.17) is 19.9 Å². The van der Waals surface area contributed by atoms with E-state index in [2.05, 4.69) is 35.8 Å². The van der Waals surface area contributed by atoms with Crippen molar-refractivity contribution >= 4 is 17.9 Å². The van der Waals surface area contributed by atoms with Crippen LogP contribution in [0.15, 0.2) is 21.9 Å². The smallest absolute Gasteiger partial charge is 0.293 e. The van der Waals surface area contributed by atoms with Gasteiger partial charge in [0.1, 0.15) is 0 Å². The second-order valence-corrected chi connectivity index (χ2v) is 5.57. The number of carbonyl (C=O) groups excluding carboxylic acids is 1. The molecule has 0 fully saturated rings. The highest BCUT2D eigenvalue weighted by molar-refractivity contribution is 5.94. The van der Waals surface area contributed by atoms with Crippen LogP contribution in [0, 0.1) is 6.92 Å². The molecule has 0 atom stereocenters. The maximum atomic E-state index is 12.4. The highest BCUT2D eigenvalue weighted by Gasteiger charge is 2.20. The monoisotopic (exact) mass is 402 g/mol. The highest BCUT2D eigenvalue weighted by Crippen LogP contribution is 2.37. The Balaban J connectivity index is 1.77. The number of nitrogens with two attached hydrogens (primary N) is 1. The molecule has 0 saturated heterocycles. The van der Waals surface area contributed by atoms with Crippen molar-refractivity contribution in [3.8, 4) is 23.1 Å². The van der Waals surface area contributed by atoms with Crippen molar-refractivity contribution in [2.75, 3.05) is 27.1 Å². The van der Waals surface area contributed by atoms with Crippen LogP contribution in [0.1, 0.15) is 21.7 Å². The Labute approximate surface area is 164 Å². The quantitative estimate of drug-likeness (QED) is 0.415. The summed E-state index contributed by atoms with van der Waals surface area (Å²) >= 11 is 0. The fourth-order valence-electron chi connectivity index (χ4n) is 2.47. The van der Waals surface area contributed by atoms with Crippen LogP contribution < -0.4 is 25.4 Å². The molecule has 0 bridgehead atoms. The summed E-state index contributed by atoms with van der Waals surface area (Å²) < 4.78 is 21.6. The zero-order chi connectivity index (χ0) is 21.0. The van der Waals surface area contributed by atoms with E-state index in [0.717, 1.165) is 0 Å². The van der Waals surface area contributed by atoms with Gasteiger partial charge in [-0.05, 0) is 29.4 Å². The van der Waals surface area contributed by atoms with Crippen LogP contribution in [-0.2, 0) is 0 Å². The average molecular weight is 402 g/mol. The standard InChI is InChI=1S/C16H18N8O5/c1-8-12(19-23-24(8)15-14(17)21-29-22-15)16(25)20-18-7-9-5-10(26-2)13(28-4)11(6-9)27-3/h5-7H,1-4H3,(H2,17,21)(H,20,25)/b18-7+. The summed E-state index contributed by atoms with van der Waals surface area (Å²) in [5.41, 5.74) is 9.04. The van der Waals surface area contributed by atoms with Crippen molar-refractivity contribution in [2.45, 2.75) is 6.92 Å². The van der Waals surface area contributed by atoms with Gasteiger partial charge < -0.3 is 19.9 Å². The lowest BCUT2D eigenvalue weighted by Crippen LogP contribution is -2.19. The molecular formula is C16H18N8O5. The van der Waals surface area contributed by atoms with Gasteiger partial charge in [0.05, 0.1) is 33.2 Å². The topological polar surface area (TPSA) is 165 Å². The number of rotatable bonds is 7. The SMILES string of the molecule is COc1cc(/C=N/NC(=O)c2nnn(-c3nonc3N)c2C)cc(OC)c1OC. The maximum absolute atomic E-state index is 12.4. The van der Waals surface area contributed by atoms with Gasteiger partial charge in [0.15, 0.2) is 17.2 Å². The fraction of sp³-hybridized carbons (Fsp3) is 0.250. The molecule has 13 heteroatoms. The lowest BCUT2D eigenvalue weighted by molar-refractivity contribution is 0.0949. The number of benzene rings is 1. The molecule has 1 amide bonds. The predicted octanol–water partition coefficient (Wildman–Crippen LogP) is 0.331. The first kappa shape index (κ1) is 19.6. The predicted molar refractivity (Wildman–Crippen MR) is 99.5 cm³/mol. The first-order chi connectivity index (χ1) is 14.0. The first-order valence-electron chi connectivity index (χ1n) is 8.14. The number of nitrogens with zero attached hydrogens (tertiary/aromatic N) is 6. The number of hydrogen-bond donors (Lipinski definition) is 2. The Hall–Kier alpha value is -4.16. The molecule has 0 radical (unpaired) electrons. The summed E-state index contributed by atoms with van der Waals surface area (Å²) in [6.45, 7) is 1.62. The maximum Gasteiger partial charge on any atom is 0.293 e. The van der Waals surface area contributed by atoms with Gasteiger partial charge in [-0.1, -0.05) is 5.21 Å². The molecule has 2 heterocycles. The molecule has 0 saturated carbocycles. The molecule has 2 aromatic heterocycles. The molecule has 3 aromatic rings. The molecule has 152 valence electrons. The number of carbonyl (C=O) groups is 1. The summed E-state index contributed by atoms with van der Waals surface area (Å²) in [6, 6.07) is 3.36. The highest BCUT2D eigenvalue weighted by atomic mass is 16.6. The molecule has 1 aromatic carbocycles. The average Bonchev–Trinajstić information content (AvgIpc) is 3.31. The molecule has 3 N–H and O–H groups in total. The number of methoxy groups -OCH3 is 3. The van der Waals surface area contributed by atoms with Gasteiger partial charge in [-0.3, -0.25) is 4.79 Å². The van der Waals surface area contributed by atoms with E-state index in [-0.39, 0.29) is 17.3 Å². The number of amides is 1. The third-order valence-corrected chi connectivity index (χ3v) is 3.87. The van der Waals surface area contributed by atoms with Crippen LogP contribution in [-0.4, -0.2) is 58.8 Å². The number of nitrogens with one attached hydrogen (secondary N) is 1. The second-order valence-electron chi connectivity index (χ2n) is 5.57. The first-order valence-corrected chi connectivity index (χ1v) is 8.14. The Morgan fingerprint density at radius 3 is 2.45 bits per heavy atom. The van der Waals surface area contributed by atoms with Gasteiger partial charge in [0, 0.05) is 5.56 Å². The third kappa shape index (κ3) is 3.78. The largest absolute Gasteiger partial charge is 0.493 e. The summed E-state index contributed by atoms with van der Waals surface area (Å²) in [5, 5.41) is 18.7. The molecule has 13 nitrogen and oxygen atoms in total. The minimum atomic E-state index is -0.576. The van der Waals surface area contributed by atoms with Crippen molar-refractivity contribution < 1.29 is 23.6 Å². The van der Waals surface area contributed by atoms with E-state index in [9.17, 15) is 4.79 Å². The molecule has 0 aliphatic carbocycles. The zero-order valence-electron chi connectivity index (χ0n) is 16.0. The zero-order valence-corrected chi connectivity index (χ0v) is 16.0. The molecule has 0 spiro atoms. The van der Waals surface area contributed by atoms with E-state index in [1.54, 1.807) is 19.1 Å². The molecule has 29 heavy (non-hydrogen) atoms. The van der Waals surface area contributed by atoms with E-state index in [1.165, 1.54) is 32.2 Å². The van der Waals surface area contributed by atoms with Crippen molar-refractivity contribution in [3.05, 3.63) is 29.1 Å². The Bertz CT molecular complexity index is 1030. The minimum absolute atomic E-state index is 0.0189. The number of hydrazone groups is 1. The van der Waals surface area contributed by atoms with Crippen molar-refractivity contribution in [1.29, 1.82) is 0 Å². The Morgan fingerprint density at radius 1 is 1.21 bits per heavy atom. The number of hydrogen-bond acceptors (Lipinski definition) is 11. The number of nitrogen functional groups attached to an aromatic ring is 1. The lowest BCUT2D eigenvalue weighted by Gasteiger charge is -2.12. The third-order valence-electron chi connectivity index (χ3n) is 3.87. The second kappa shape index (κ2) is 8.24. The summed E-state index contributed by atoms with van der Waals surface area (Å²) in [5.74, 6) is 0.937. The van der Waals surface area contributed by atoms with Gasteiger partial charge in [0.2, 0.25) is 17.4 Å². The van der Waals surface area contributed by atoms with Crippen LogP contribution in [0.5, 0.6) is 17.2 Å². The summed E-state index contributed by atoms with van der Waals surface area (Å²) in [7, 11) is 4.51. The minimum Gasteiger partial charge on any atom is -0.493 e. The van der Waals surface area contributed by atoms with Gasteiger partial charge in [-0.25, -0.2) is 10.1 Å². The number of aromatic nitrogens is 5. The van der Waals surface area contributed by atoms with Crippen LogP contribution in [0.25, 0.3) is 5.82 Å². The molecule has 0 unspecified atom stereocenters. The van der Waals surface area contributed by atoms with Crippen LogP contribution in [0.4, 0.5) is 5.82 Å². The molecule has 0 aliphatic rings. The van der Waals surface area contributed by atoms with Crippen molar-refractivity contribution in [2.24, 2.45) is 5.10 Å². The van der Waals surface area contributed by atoms with Crippen LogP contribution in [0.2, 0.25) is 0 Å². The van der Waals surface area contributed by atoms with Gasteiger partial charge in [-0.15, -0.1) is 5.10 Å². The Kier molecular flexibility index (Phi) is 5.57. The van der Waals surface area contributed by atoms with E-state index in [0.29, 0.717) is 28.5 Å². The van der Waals surface area contributed by atoms with E-state index >= 15 is 0 Å². The van der Waals surface area contributed by atoms with Gasteiger partial charge >= 0.3 is 0 Å². The fourth-order valence-corrected chi connectivity index (χ4v) is 2.47. The molecule has 3 rings (SSSR count). The van der Waals surface area contributed by atoms with Crippen LogP contribution >= 0.6 is 0 Å². The summed E-state index contributed by atoms with van der Waals surface area (Å²) in [4.78, 5) is 12.4. The number of anilines is 1. The van der Waals surface area contributed by atoms with E-state index in [1.807, 2.05) is 0 Å². The van der Waals surface area contributed by atoms with Crippen molar-refractivity contribution in [3.63, 3.8) is 0 Å². The van der Waals surface area contributed by atoms with Crippen molar-refractivity contribution in [1.82, 2.24) is 30.7 Å². The number of ether oxygens (including phenoxy) is 3. The lowest BCUT2D eigenvalue weighted by atomic mass is 10.2. The molecular weight excluding hydrogens is 384 g/mol. The van der Waals surface area contributed by atoms with Crippen LogP contribution in [0.3, 0.4) is 0 Å². The van der Waals surface area contributed by atoms with Gasteiger partial charge in [-0.2, -0.15) is 9.78 Å². The van der Waals surface area contributed by atoms with E-state index < -0.39 is 5.91 Å². The molecule has 0 aliphatic heterocycles. The summed E-state index contributed by atoms with van der Waals surface area (Å²) in [6.07, 6.45) is 1.42. The normalized spacial score (nSPS) is 10.9.